The van der Waals surface area contributed by atoms with Crippen LogP contribution in [-0.2, 0) is 19.2 Å². The third-order valence-electron chi connectivity index (χ3n) is 4.39. The fourth-order valence-electron chi connectivity index (χ4n) is 3.39. The minimum absolute atomic E-state index is 0.0601. The van der Waals surface area contributed by atoms with E-state index in [0.29, 0.717) is 32.2 Å². The summed E-state index contributed by atoms with van der Waals surface area (Å²) in [6, 6.07) is -0.510. The van der Waals surface area contributed by atoms with Crippen molar-refractivity contribution >= 4 is 23.8 Å². The van der Waals surface area contributed by atoms with Gasteiger partial charge in [-0.2, -0.15) is 0 Å². The van der Waals surface area contributed by atoms with Crippen molar-refractivity contribution in [3.05, 3.63) is 0 Å². The molecule has 26 heavy (non-hydrogen) atoms. The van der Waals surface area contributed by atoms with Crippen LogP contribution in [0.4, 0.5) is 0 Å². The molecule has 2 atom stereocenters. The molecule has 0 aliphatic heterocycles. The molecule has 1 saturated carbocycles. The van der Waals surface area contributed by atoms with E-state index in [1.807, 2.05) is 0 Å². The number of amides is 1. The molecule has 1 aliphatic rings. The lowest BCUT2D eigenvalue weighted by atomic mass is 9.88. The van der Waals surface area contributed by atoms with E-state index in [1.54, 1.807) is 11.8 Å². The van der Waals surface area contributed by atoms with Gasteiger partial charge in [-0.1, -0.05) is 6.42 Å². The van der Waals surface area contributed by atoms with Crippen LogP contribution in [0.3, 0.4) is 0 Å². The van der Waals surface area contributed by atoms with Crippen molar-refractivity contribution in [3.8, 4) is 0 Å². The number of carboxylic acid groups (broad SMARTS) is 3. The van der Waals surface area contributed by atoms with Gasteiger partial charge in [0.15, 0.2) is 0 Å². The minimum atomic E-state index is -1.11. The van der Waals surface area contributed by atoms with Crippen LogP contribution in [0.5, 0.6) is 0 Å². The van der Waals surface area contributed by atoms with Crippen LogP contribution >= 0.6 is 0 Å². The number of likely N-dealkylation sites (N-methyl/N-ethyl adjacent to an activating group) is 1. The summed E-state index contributed by atoms with van der Waals surface area (Å²) in [6.45, 7) is 1.07. The molecule has 0 aromatic carbocycles. The monoisotopic (exact) mass is 373 g/mol. The topological polar surface area (TPSA) is 147 Å². The first-order chi connectivity index (χ1) is 12.2. The normalized spacial score (nSPS) is 20.1. The zero-order chi connectivity index (χ0) is 19.7. The van der Waals surface area contributed by atoms with Crippen molar-refractivity contribution in [1.82, 2.24) is 15.1 Å². The molecule has 1 rings (SSSR count). The first kappa shape index (κ1) is 21.8. The number of carbonyl (C=O) groups is 4. The van der Waals surface area contributed by atoms with Gasteiger partial charge >= 0.3 is 17.9 Å². The van der Waals surface area contributed by atoms with E-state index >= 15 is 0 Å². The second kappa shape index (κ2) is 10.7. The quantitative estimate of drug-likeness (QED) is 0.369. The highest BCUT2D eigenvalue weighted by atomic mass is 16.4. The van der Waals surface area contributed by atoms with E-state index in [9.17, 15) is 19.2 Å². The van der Waals surface area contributed by atoms with Gasteiger partial charge in [0, 0.05) is 18.6 Å². The second-order valence-electron chi connectivity index (χ2n) is 6.42. The van der Waals surface area contributed by atoms with E-state index in [4.69, 9.17) is 15.3 Å². The molecule has 0 saturated heterocycles. The smallest absolute Gasteiger partial charge is 0.317 e. The molecule has 0 heterocycles. The molecule has 148 valence electrons. The van der Waals surface area contributed by atoms with Crippen molar-refractivity contribution in [2.45, 2.75) is 44.7 Å². The van der Waals surface area contributed by atoms with Gasteiger partial charge in [-0.3, -0.25) is 29.0 Å². The van der Waals surface area contributed by atoms with Crippen LogP contribution in [0.1, 0.15) is 32.6 Å². The van der Waals surface area contributed by atoms with Gasteiger partial charge in [-0.15, -0.1) is 0 Å². The number of rotatable bonds is 11. The molecule has 0 aromatic heterocycles. The summed E-state index contributed by atoms with van der Waals surface area (Å²) in [7, 11) is 0. The van der Waals surface area contributed by atoms with E-state index in [-0.39, 0.29) is 44.2 Å². The number of nitrogens with one attached hydrogen (secondary N) is 1. The molecule has 10 nitrogen and oxygen atoms in total. The Morgan fingerprint density at radius 1 is 0.846 bits per heavy atom. The summed E-state index contributed by atoms with van der Waals surface area (Å²) in [6.07, 6.45) is 2.44. The van der Waals surface area contributed by atoms with Crippen LogP contribution in [0.2, 0.25) is 0 Å². The molecule has 4 N–H and O–H groups in total. The average Bonchev–Trinajstić information content (AvgIpc) is 2.52. The highest BCUT2D eigenvalue weighted by molar-refractivity contribution is 5.79. The van der Waals surface area contributed by atoms with E-state index in [1.165, 1.54) is 4.90 Å². The Hall–Kier alpha value is -2.20. The van der Waals surface area contributed by atoms with Crippen molar-refractivity contribution in [2.24, 2.45) is 0 Å². The predicted molar refractivity (Wildman–Crippen MR) is 90.8 cm³/mol. The third-order valence-corrected chi connectivity index (χ3v) is 4.39. The van der Waals surface area contributed by atoms with Crippen LogP contribution in [-0.4, -0.2) is 93.7 Å². The molecule has 0 aromatic rings. The van der Waals surface area contributed by atoms with E-state index in [0.717, 1.165) is 0 Å². The highest BCUT2D eigenvalue weighted by Crippen LogP contribution is 2.26. The zero-order valence-electron chi connectivity index (χ0n) is 14.9. The Morgan fingerprint density at radius 2 is 1.27 bits per heavy atom. The summed E-state index contributed by atoms with van der Waals surface area (Å²) in [4.78, 5) is 48.1. The van der Waals surface area contributed by atoms with Crippen LogP contribution < -0.4 is 5.32 Å². The molecule has 2 unspecified atom stereocenters. The molecule has 0 bridgehead atoms. The molecule has 10 heteroatoms. The van der Waals surface area contributed by atoms with Crippen molar-refractivity contribution in [2.75, 3.05) is 32.7 Å². The first-order valence-electron chi connectivity index (χ1n) is 8.63. The van der Waals surface area contributed by atoms with Crippen molar-refractivity contribution in [1.29, 1.82) is 0 Å². The highest BCUT2D eigenvalue weighted by Gasteiger charge is 2.33. The third kappa shape index (κ3) is 7.79. The number of hydrogen-bond donors (Lipinski definition) is 4. The standard InChI is InChI=1S/C16H27N3O7/c1-2-17-13(20)7-18(8-14(21)22)11-4-3-5-12(6-11)19(9-15(23)24)10-16(25)26/h11-12H,2-10H2,1H3,(H,17,20)(H,21,22)(H,23,24)(H,25,26). The number of aliphatic carboxylic acids is 3. The van der Waals surface area contributed by atoms with Gasteiger partial charge in [-0.25, -0.2) is 0 Å². The van der Waals surface area contributed by atoms with Gasteiger partial charge in [0.1, 0.15) is 0 Å². The number of nitrogens with zero attached hydrogens (tertiary/aromatic N) is 2. The molecule has 1 amide bonds. The molecular weight excluding hydrogens is 346 g/mol. The zero-order valence-corrected chi connectivity index (χ0v) is 14.9. The fourth-order valence-corrected chi connectivity index (χ4v) is 3.39. The lowest BCUT2D eigenvalue weighted by molar-refractivity contribution is -0.143. The Kier molecular flexibility index (Phi) is 9.00. The van der Waals surface area contributed by atoms with Crippen LogP contribution in [0, 0.1) is 0 Å². The van der Waals surface area contributed by atoms with E-state index < -0.39 is 17.9 Å². The SMILES string of the molecule is CCNC(=O)CN(CC(=O)O)C1CCCC(N(CC(=O)O)CC(=O)O)C1. The van der Waals surface area contributed by atoms with Crippen molar-refractivity contribution < 1.29 is 34.5 Å². The second-order valence-corrected chi connectivity index (χ2v) is 6.42. The Balaban J connectivity index is 2.85. The predicted octanol–water partition coefficient (Wildman–Crippen LogP) is -0.708. The molecule has 1 aliphatic carbocycles. The Morgan fingerprint density at radius 3 is 1.65 bits per heavy atom. The summed E-state index contributed by atoms with van der Waals surface area (Å²) in [5.74, 6) is -3.55. The Labute approximate surface area is 151 Å². The van der Waals surface area contributed by atoms with Gasteiger partial charge in [0.05, 0.1) is 26.2 Å². The molecular formula is C16H27N3O7. The maximum atomic E-state index is 11.9. The Bertz CT molecular complexity index is 510. The summed E-state index contributed by atoms with van der Waals surface area (Å²) in [5, 5.41) is 29.8. The van der Waals surface area contributed by atoms with Crippen LogP contribution in [0.25, 0.3) is 0 Å². The first-order valence-corrected chi connectivity index (χ1v) is 8.63. The molecule has 1 fully saturated rings. The number of hydrogen-bond acceptors (Lipinski definition) is 6. The summed E-state index contributed by atoms with van der Waals surface area (Å²) >= 11 is 0. The van der Waals surface area contributed by atoms with Crippen molar-refractivity contribution in [3.63, 3.8) is 0 Å². The maximum absolute atomic E-state index is 11.9. The largest absolute Gasteiger partial charge is 0.480 e. The molecule has 0 radical (unpaired) electrons. The fraction of sp³-hybridized carbons (Fsp3) is 0.750. The van der Waals surface area contributed by atoms with Gasteiger partial charge in [0.25, 0.3) is 0 Å². The van der Waals surface area contributed by atoms with Gasteiger partial charge < -0.3 is 20.6 Å². The van der Waals surface area contributed by atoms with Crippen LogP contribution in [0.15, 0.2) is 0 Å². The molecule has 0 spiro atoms. The van der Waals surface area contributed by atoms with Gasteiger partial charge in [0.2, 0.25) is 5.91 Å². The lowest BCUT2D eigenvalue weighted by Crippen LogP contribution is -2.51. The lowest BCUT2D eigenvalue weighted by Gasteiger charge is -2.40. The minimum Gasteiger partial charge on any atom is -0.480 e. The van der Waals surface area contributed by atoms with E-state index in [2.05, 4.69) is 5.32 Å². The number of carboxylic acids is 3. The summed E-state index contributed by atoms with van der Waals surface area (Å²) < 4.78 is 0. The maximum Gasteiger partial charge on any atom is 0.317 e. The van der Waals surface area contributed by atoms with Gasteiger partial charge in [-0.05, 0) is 26.2 Å². The number of carbonyl (C=O) groups excluding carboxylic acids is 1. The summed E-state index contributed by atoms with van der Waals surface area (Å²) in [5.41, 5.74) is 0. The average molecular weight is 373 g/mol.